The molecule has 0 amide bonds. The highest BCUT2D eigenvalue weighted by Gasteiger charge is 2.29. The lowest BCUT2D eigenvalue weighted by molar-refractivity contribution is 0.0207. The summed E-state index contributed by atoms with van der Waals surface area (Å²) >= 11 is 0. The van der Waals surface area contributed by atoms with E-state index in [0.29, 0.717) is 6.42 Å². The van der Waals surface area contributed by atoms with Crippen LogP contribution in [0.5, 0.6) is 11.5 Å². The van der Waals surface area contributed by atoms with Crippen molar-refractivity contribution < 1.29 is 14.9 Å². The second-order valence-electron chi connectivity index (χ2n) is 4.51. The molecule has 0 spiro atoms. The van der Waals surface area contributed by atoms with Crippen LogP contribution >= 0.6 is 0 Å². The largest absolute Gasteiger partial charge is 0.508 e. The van der Waals surface area contributed by atoms with Gasteiger partial charge in [-0.25, -0.2) is 0 Å². The Morgan fingerprint density at radius 2 is 1.89 bits per heavy atom. The predicted molar refractivity (Wildman–Crippen MR) is 67.6 cm³/mol. The van der Waals surface area contributed by atoms with E-state index in [2.05, 4.69) is 0 Å². The van der Waals surface area contributed by atoms with Crippen LogP contribution in [0.4, 0.5) is 0 Å². The number of aromatic hydroxyl groups is 1. The number of benzene rings is 2. The van der Waals surface area contributed by atoms with Gasteiger partial charge in [-0.2, -0.15) is 0 Å². The lowest BCUT2D eigenvalue weighted by Crippen LogP contribution is -2.30. The molecule has 0 unspecified atom stereocenters. The normalized spacial score (nSPS) is 22.1. The summed E-state index contributed by atoms with van der Waals surface area (Å²) in [7, 11) is 0. The monoisotopic (exact) mass is 242 g/mol. The lowest BCUT2D eigenvalue weighted by atomic mass is 9.95. The molecule has 2 aromatic carbocycles. The molecule has 18 heavy (non-hydrogen) atoms. The Labute approximate surface area is 105 Å². The number of fused-ring (bicyclic) bond motifs is 1. The molecule has 0 bridgehead atoms. The van der Waals surface area contributed by atoms with Gasteiger partial charge in [-0.3, -0.25) is 0 Å². The highest BCUT2D eigenvalue weighted by Crippen LogP contribution is 2.35. The summed E-state index contributed by atoms with van der Waals surface area (Å²) in [5, 5.41) is 19.6. The van der Waals surface area contributed by atoms with Crippen molar-refractivity contribution in [2.24, 2.45) is 0 Å². The third kappa shape index (κ3) is 1.93. The van der Waals surface area contributed by atoms with Crippen LogP contribution in [0, 0.1) is 0 Å². The average molecular weight is 242 g/mol. The zero-order valence-electron chi connectivity index (χ0n) is 9.78. The summed E-state index contributed by atoms with van der Waals surface area (Å²) in [5.74, 6) is 0.985. The number of hydrogen-bond acceptors (Lipinski definition) is 3. The average Bonchev–Trinajstić information content (AvgIpc) is 2.38. The van der Waals surface area contributed by atoms with Gasteiger partial charge in [-0.05, 0) is 29.3 Å². The maximum atomic E-state index is 10.2. The third-order valence-electron chi connectivity index (χ3n) is 3.20. The molecule has 1 aliphatic heterocycles. The molecule has 0 saturated heterocycles. The first kappa shape index (κ1) is 11.1. The van der Waals surface area contributed by atoms with Crippen LogP contribution in [0.15, 0.2) is 48.5 Å². The molecular formula is C15H14O3. The molecule has 92 valence electrons. The minimum atomic E-state index is -0.596. The molecular weight excluding hydrogens is 228 g/mol. The summed E-state index contributed by atoms with van der Waals surface area (Å²) < 4.78 is 5.82. The highest BCUT2D eigenvalue weighted by molar-refractivity contribution is 5.38. The number of aliphatic hydroxyl groups is 1. The van der Waals surface area contributed by atoms with Crippen molar-refractivity contribution in [2.75, 3.05) is 0 Å². The zero-order chi connectivity index (χ0) is 12.5. The number of para-hydroxylation sites is 1. The summed E-state index contributed by atoms with van der Waals surface area (Å²) in [4.78, 5) is 0. The Morgan fingerprint density at radius 1 is 1.06 bits per heavy atom. The van der Waals surface area contributed by atoms with Gasteiger partial charge >= 0.3 is 0 Å². The van der Waals surface area contributed by atoms with Crippen molar-refractivity contribution in [3.05, 3.63) is 59.7 Å². The second kappa shape index (κ2) is 4.35. The van der Waals surface area contributed by atoms with E-state index in [1.54, 1.807) is 18.2 Å². The molecule has 3 heteroatoms. The van der Waals surface area contributed by atoms with E-state index in [9.17, 15) is 10.2 Å². The van der Waals surface area contributed by atoms with Gasteiger partial charge in [-0.15, -0.1) is 0 Å². The van der Waals surface area contributed by atoms with Gasteiger partial charge in [0.1, 0.15) is 17.6 Å². The topological polar surface area (TPSA) is 49.7 Å². The number of rotatable bonds is 1. The predicted octanol–water partition coefficient (Wildman–Crippen LogP) is 2.43. The summed E-state index contributed by atoms with van der Waals surface area (Å²) in [6.45, 7) is 0. The van der Waals surface area contributed by atoms with E-state index in [0.717, 1.165) is 16.9 Å². The Hall–Kier alpha value is -2.00. The molecule has 0 aliphatic carbocycles. The van der Waals surface area contributed by atoms with E-state index >= 15 is 0 Å². The van der Waals surface area contributed by atoms with E-state index < -0.39 is 12.2 Å². The van der Waals surface area contributed by atoms with Crippen LogP contribution in [-0.2, 0) is 6.42 Å². The van der Waals surface area contributed by atoms with Crippen molar-refractivity contribution >= 4 is 0 Å². The smallest absolute Gasteiger partial charge is 0.150 e. The van der Waals surface area contributed by atoms with Crippen LogP contribution in [0.25, 0.3) is 0 Å². The number of phenols is 1. The van der Waals surface area contributed by atoms with Gasteiger partial charge in [0, 0.05) is 6.42 Å². The zero-order valence-corrected chi connectivity index (χ0v) is 9.78. The first-order valence-corrected chi connectivity index (χ1v) is 5.95. The van der Waals surface area contributed by atoms with Gasteiger partial charge in [-0.1, -0.05) is 30.3 Å². The standard InChI is InChI=1S/C15H14O3/c16-12-6-3-5-11(8-12)15-13(17)9-10-4-1-2-7-14(10)18-15/h1-8,13,15-17H,9H2/t13-,15-/m1/s1. The number of ether oxygens (including phenoxy) is 1. The van der Waals surface area contributed by atoms with Crippen LogP contribution in [0.3, 0.4) is 0 Å². The van der Waals surface area contributed by atoms with Gasteiger partial charge < -0.3 is 14.9 Å². The molecule has 0 aromatic heterocycles. The molecule has 3 rings (SSSR count). The Bertz CT molecular complexity index is 565. The van der Waals surface area contributed by atoms with Crippen molar-refractivity contribution in [3.63, 3.8) is 0 Å². The highest BCUT2D eigenvalue weighted by atomic mass is 16.5. The van der Waals surface area contributed by atoms with E-state index in [1.807, 2.05) is 30.3 Å². The minimum absolute atomic E-state index is 0.183. The van der Waals surface area contributed by atoms with Crippen molar-refractivity contribution in [3.8, 4) is 11.5 Å². The van der Waals surface area contributed by atoms with E-state index in [1.165, 1.54) is 0 Å². The molecule has 3 nitrogen and oxygen atoms in total. The van der Waals surface area contributed by atoms with Crippen molar-refractivity contribution in [2.45, 2.75) is 18.6 Å². The molecule has 0 saturated carbocycles. The number of hydrogen-bond donors (Lipinski definition) is 2. The maximum Gasteiger partial charge on any atom is 0.150 e. The van der Waals surface area contributed by atoms with E-state index in [4.69, 9.17) is 4.74 Å². The van der Waals surface area contributed by atoms with Crippen molar-refractivity contribution in [1.82, 2.24) is 0 Å². The van der Waals surface area contributed by atoms with Crippen LogP contribution in [0.2, 0.25) is 0 Å². The summed E-state index contributed by atoms with van der Waals surface area (Å²) in [5.41, 5.74) is 1.80. The fourth-order valence-electron chi connectivity index (χ4n) is 2.33. The Balaban J connectivity index is 1.96. The maximum absolute atomic E-state index is 10.2. The first-order chi connectivity index (χ1) is 8.74. The second-order valence-corrected chi connectivity index (χ2v) is 4.51. The SMILES string of the molecule is Oc1cccc([C@H]2Oc3ccccc3C[C@H]2O)c1. The van der Waals surface area contributed by atoms with Gasteiger partial charge in [0.15, 0.2) is 0 Å². The van der Waals surface area contributed by atoms with Crippen LogP contribution in [-0.4, -0.2) is 16.3 Å². The quantitative estimate of drug-likeness (QED) is 0.807. The van der Waals surface area contributed by atoms with Gasteiger partial charge in [0.2, 0.25) is 0 Å². The third-order valence-corrected chi connectivity index (χ3v) is 3.20. The molecule has 0 radical (unpaired) electrons. The summed E-state index contributed by atoms with van der Waals surface area (Å²) in [6, 6.07) is 14.5. The molecule has 2 atom stereocenters. The fourth-order valence-corrected chi connectivity index (χ4v) is 2.33. The Morgan fingerprint density at radius 3 is 2.72 bits per heavy atom. The molecule has 2 aromatic rings. The lowest BCUT2D eigenvalue weighted by Gasteiger charge is -2.30. The van der Waals surface area contributed by atoms with Gasteiger partial charge in [0.25, 0.3) is 0 Å². The first-order valence-electron chi connectivity index (χ1n) is 5.95. The molecule has 0 fully saturated rings. The van der Waals surface area contributed by atoms with Crippen LogP contribution in [0.1, 0.15) is 17.2 Å². The van der Waals surface area contributed by atoms with Gasteiger partial charge in [0.05, 0.1) is 6.10 Å². The molecule has 2 N–H and O–H groups in total. The number of aliphatic hydroxyl groups excluding tert-OH is 1. The van der Waals surface area contributed by atoms with Crippen molar-refractivity contribution in [1.29, 1.82) is 0 Å². The molecule has 1 aliphatic rings. The fraction of sp³-hybridized carbons (Fsp3) is 0.200. The minimum Gasteiger partial charge on any atom is -0.508 e. The number of phenolic OH excluding ortho intramolecular Hbond substituents is 1. The van der Waals surface area contributed by atoms with E-state index in [-0.39, 0.29) is 5.75 Å². The Kier molecular flexibility index (Phi) is 2.68. The molecule has 1 heterocycles. The summed E-state index contributed by atoms with van der Waals surface area (Å²) in [6.07, 6.45) is -0.454. The van der Waals surface area contributed by atoms with Crippen LogP contribution < -0.4 is 4.74 Å².